The molecule has 0 bridgehead atoms. The minimum Gasteiger partial charge on any atom is -0.307 e. The first-order valence-corrected chi connectivity index (χ1v) is 29.3. The Morgan fingerprint density at radius 2 is 1.06 bits per heavy atom. The van der Waals surface area contributed by atoms with Gasteiger partial charge in [-0.25, -0.2) is 5.48 Å². The second kappa shape index (κ2) is 40.6. The Bertz CT molecular complexity index is 1150. The highest BCUT2D eigenvalue weighted by Gasteiger charge is 2.36. The first-order valence-electron chi connectivity index (χ1n) is 29.3. The van der Waals surface area contributed by atoms with Gasteiger partial charge in [-0.15, -0.1) is 0 Å². The van der Waals surface area contributed by atoms with Crippen molar-refractivity contribution in [3.05, 3.63) is 35.5 Å². The Hall–Kier alpha value is -0.940. The van der Waals surface area contributed by atoms with E-state index in [9.17, 15) is 0 Å². The number of allylic oxidation sites excluding steroid dienone is 4. The van der Waals surface area contributed by atoms with Crippen molar-refractivity contribution in [2.75, 3.05) is 13.2 Å². The zero-order valence-electron chi connectivity index (χ0n) is 51.1. The summed E-state index contributed by atoms with van der Waals surface area (Å²) in [6.45, 7) is 60.1. The maximum Gasteiger partial charge on any atom is 0.0775 e. The van der Waals surface area contributed by atoms with Crippen molar-refractivity contribution in [3.8, 4) is 0 Å². The van der Waals surface area contributed by atoms with E-state index in [1.165, 1.54) is 120 Å². The third-order valence-electron chi connectivity index (χ3n) is 13.6. The monoisotopic (exact) mass is 946 g/mol. The predicted octanol–water partition coefficient (Wildman–Crippen LogP) is 20.7. The number of unbranched alkanes of at least 4 members (excludes halogenated alkanes) is 8. The number of rotatable bonds is 24. The Labute approximate surface area is 426 Å². The Kier molecular flexibility index (Phi) is 44.0. The summed E-state index contributed by atoms with van der Waals surface area (Å²) in [5.41, 5.74) is 9.28. The molecule has 0 radical (unpaired) electrons. The van der Waals surface area contributed by atoms with Gasteiger partial charge in [-0.05, 0) is 156 Å². The highest BCUT2D eigenvalue weighted by atomic mass is 16.6. The maximum atomic E-state index is 6.51. The predicted molar refractivity (Wildman–Crippen MR) is 311 cm³/mol. The van der Waals surface area contributed by atoms with Crippen LogP contribution >= 0.6 is 0 Å². The van der Waals surface area contributed by atoms with Gasteiger partial charge in [0.1, 0.15) is 0 Å². The lowest BCUT2D eigenvalue weighted by Crippen LogP contribution is -2.55. The topological polar surface area (TPSA) is 45.3 Å². The zero-order chi connectivity index (χ0) is 52.8. The van der Waals surface area contributed by atoms with Crippen molar-refractivity contribution in [1.29, 1.82) is 0 Å². The molecule has 0 aromatic carbocycles. The molecule has 0 amide bonds. The van der Waals surface area contributed by atoms with Crippen LogP contribution < -0.4 is 16.1 Å². The lowest BCUT2D eigenvalue weighted by atomic mass is 9.69. The van der Waals surface area contributed by atoms with Crippen molar-refractivity contribution >= 4 is 0 Å². The van der Waals surface area contributed by atoms with Crippen LogP contribution in [0.4, 0.5) is 0 Å². The van der Waals surface area contributed by atoms with Gasteiger partial charge < -0.3 is 15.5 Å². The molecular weight excluding hydrogens is 815 g/mol. The van der Waals surface area contributed by atoms with Crippen LogP contribution in [0.3, 0.4) is 0 Å². The Balaban J connectivity index is -0.000000672. The largest absolute Gasteiger partial charge is 0.307 e. The smallest absolute Gasteiger partial charge is 0.0775 e. The molecule has 0 aliphatic carbocycles. The lowest BCUT2D eigenvalue weighted by molar-refractivity contribution is -0.0252. The molecule has 0 saturated carbocycles. The Morgan fingerprint density at radius 1 is 0.642 bits per heavy atom. The van der Waals surface area contributed by atoms with Crippen LogP contribution in [0.15, 0.2) is 35.5 Å². The highest BCUT2D eigenvalue weighted by Crippen LogP contribution is 2.43. The van der Waals surface area contributed by atoms with E-state index in [-0.39, 0.29) is 16.5 Å². The number of hydrogen-bond donors (Lipinski definition) is 3. The summed E-state index contributed by atoms with van der Waals surface area (Å²) in [4.78, 5) is 6.51. The van der Waals surface area contributed by atoms with Gasteiger partial charge in [0.25, 0.3) is 0 Å². The molecule has 0 aromatic heterocycles. The molecule has 2 rings (SSSR count). The minimum atomic E-state index is -0.0169. The lowest BCUT2D eigenvalue weighted by Gasteiger charge is -2.42. The first-order chi connectivity index (χ1) is 31.3. The van der Waals surface area contributed by atoms with Gasteiger partial charge in [0.05, 0.1) is 6.61 Å². The number of nitrogens with one attached hydrogen (secondary N) is 3. The molecule has 67 heavy (non-hydrogen) atoms. The van der Waals surface area contributed by atoms with E-state index in [4.69, 9.17) is 11.4 Å². The van der Waals surface area contributed by atoms with Crippen molar-refractivity contribution in [3.63, 3.8) is 0 Å². The van der Waals surface area contributed by atoms with Crippen LogP contribution in [-0.4, -0.2) is 35.3 Å². The van der Waals surface area contributed by atoms with E-state index < -0.39 is 0 Å². The van der Waals surface area contributed by atoms with Crippen molar-refractivity contribution in [2.24, 2.45) is 22.7 Å². The standard InChI is InChI=1S/C40H76N2O.C9H19N.C8H18.3C2H6/c1-14-17-18-19-24-40(33(6)32(4)5,28-23-35(20-25-37(7,8)9)29-34(15-2)16-3)31-43-41-30-36-21-26-38(10,11)42-39(12,13)27-22-36;1-8(2)6-5-7-9(3,4)10-8;1-3-5-7-8-6-4-2;3*1-2/h20,29,32,36,41-42H,6,14-19,21-28,30-31H2,1-5,7-13H3;10H,5-7H2,1-4H3;3-8H2,1-2H3;3*1-2H3/b35-20-;;;;;. The van der Waals surface area contributed by atoms with E-state index >= 15 is 0 Å². The quantitative estimate of drug-likeness (QED) is 0.0390. The van der Waals surface area contributed by atoms with Crippen LogP contribution in [0.2, 0.25) is 0 Å². The molecule has 4 nitrogen and oxygen atoms in total. The molecular formula is C63H131N3O. The SMILES string of the molecule is C=C(C(C)C)C(CCCCCC)(CC/C(C=C(CC)CC)=C/CC(C)(C)C)CONCC1CCC(C)(C)NC(C)(C)CC1.CC.CC.CC.CC1(C)CCCC(C)(C)N1.CCCCCCCC. The molecule has 2 aliphatic rings. The normalized spacial score (nSPS) is 18.4. The van der Waals surface area contributed by atoms with Gasteiger partial charge >= 0.3 is 0 Å². The van der Waals surface area contributed by atoms with Gasteiger partial charge in [0, 0.05) is 34.1 Å². The average Bonchev–Trinajstić information content (AvgIpc) is 3.26. The maximum absolute atomic E-state index is 6.51. The van der Waals surface area contributed by atoms with Crippen LogP contribution in [0.1, 0.15) is 314 Å². The molecule has 2 aliphatic heterocycles. The summed E-state index contributed by atoms with van der Waals surface area (Å²) < 4.78 is 0. The molecule has 2 heterocycles. The van der Waals surface area contributed by atoms with Gasteiger partial charge in [-0.3, -0.25) is 0 Å². The number of piperidine rings is 1. The number of hydroxylamine groups is 1. The van der Waals surface area contributed by atoms with Gasteiger partial charge in [0.2, 0.25) is 0 Å². The summed E-state index contributed by atoms with van der Waals surface area (Å²) in [6.07, 6.45) is 34.2. The fourth-order valence-corrected chi connectivity index (χ4v) is 9.71. The minimum absolute atomic E-state index is 0.0169. The second-order valence-corrected chi connectivity index (χ2v) is 24.0. The first kappa shape index (κ1) is 72.6. The molecule has 3 N–H and O–H groups in total. The third-order valence-corrected chi connectivity index (χ3v) is 13.6. The summed E-state index contributed by atoms with van der Waals surface area (Å²) in [7, 11) is 0. The molecule has 4 heteroatoms. The molecule has 0 aromatic rings. The molecule has 1 unspecified atom stereocenters. The van der Waals surface area contributed by atoms with E-state index in [0.29, 0.717) is 34.9 Å². The summed E-state index contributed by atoms with van der Waals surface area (Å²) in [6, 6.07) is 0. The summed E-state index contributed by atoms with van der Waals surface area (Å²) in [5.74, 6) is 1.09. The van der Waals surface area contributed by atoms with Gasteiger partial charge in [-0.2, -0.15) is 0 Å². The molecule has 0 spiro atoms. The fourth-order valence-electron chi connectivity index (χ4n) is 9.71. The van der Waals surface area contributed by atoms with Crippen molar-refractivity contribution < 1.29 is 4.84 Å². The van der Waals surface area contributed by atoms with Crippen LogP contribution in [0, 0.1) is 22.7 Å². The molecule has 1 atom stereocenters. The zero-order valence-corrected chi connectivity index (χ0v) is 51.1. The van der Waals surface area contributed by atoms with Crippen LogP contribution in [-0.2, 0) is 4.84 Å². The summed E-state index contributed by atoms with van der Waals surface area (Å²) in [5, 5.41) is 7.51. The fraction of sp³-hybridized carbons (Fsp3) is 0.905. The van der Waals surface area contributed by atoms with Crippen molar-refractivity contribution in [1.82, 2.24) is 16.1 Å². The van der Waals surface area contributed by atoms with Crippen molar-refractivity contribution in [2.45, 2.75) is 336 Å². The van der Waals surface area contributed by atoms with E-state index in [1.807, 2.05) is 41.5 Å². The molecule has 2 saturated heterocycles. The second-order valence-electron chi connectivity index (χ2n) is 24.0. The van der Waals surface area contributed by atoms with E-state index in [0.717, 1.165) is 45.1 Å². The molecule has 2 fully saturated rings. The number of hydrogen-bond acceptors (Lipinski definition) is 4. The van der Waals surface area contributed by atoms with E-state index in [2.05, 4.69) is 153 Å². The highest BCUT2D eigenvalue weighted by molar-refractivity contribution is 5.25. The summed E-state index contributed by atoms with van der Waals surface area (Å²) >= 11 is 0. The van der Waals surface area contributed by atoms with E-state index in [1.54, 1.807) is 5.57 Å². The third kappa shape index (κ3) is 39.4. The van der Waals surface area contributed by atoms with Crippen LogP contribution in [0.25, 0.3) is 0 Å². The average molecular weight is 947 g/mol. The van der Waals surface area contributed by atoms with Gasteiger partial charge in [-0.1, -0.05) is 210 Å². The molecule has 404 valence electrons. The van der Waals surface area contributed by atoms with Gasteiger partial charge in [0.15, 0.2) is 0 Å². The van der Waals surface area contributed by atoms with Crippen LogP contribution in [0.5, 0.6) is 0 Å². The Morgan fingerprint density at radius 3 is 1.42 bits per heavy atom.